The van der Waals surface area contributed by atoms with Crippen LogP contribution in [0.15, 0.2) is 79.0 Å². The van der Waals surface area contributed by atoms with Gasteiger partial charge in [0.25, 0.3) is 5.91 Å². The van der Waals surface area contributed by atoms with Gasteiger partial charge >= 0.3 is 12.2 Å². The SMILES string of the molecule is COC(=O)NC(C(=O)N[C@@H](Cc1ccccc1)C(O)CN(Cc1ccc(-c2ccccn2)cc1)NC(=O)C(NC(=O)OC)C(C)(C)C)C(C)(C)C. The molecule has 1 aromatic heterocycles. The van der Waals surface area contributed by atoms with E-state index in [9.17, 15) is 24.3 Å². The maximum Gasteiger partial charge on any atom is 0.407 e. The van der Waals surface area contributed by atoms with Gasteiger partial charge in [-0.15, -0.1) is 0 Å². The predicted octanol–water partition coefficient (Wildman–Crippen LogP) is 4.21. The Labute approximate surface area is 300 Å². The fourth-order valence-corrected chi connectivity index (χ4v) is 5.38. The van der Waals surface area contributed by atoms with E-state index in [-0.39, 0.29) is 19.5 Å². The van der Waals surface area contributed by atoms with Gasteiger partial charge in [0, 0.05) is 24.8 Å². The minimum Gasteiger partial charge on any atom is -0.453 e. The summed E-state index contributed by atoms with van der Waals surface area (Å²) in [6.45, 7) is 10.9. The third kappa shape index (κ3) is 12.7. The molecule has 0 saturated heterocycles. The van der Waals surface area contributed by atoms with Crippen LogP contribution in [0.5, 0.6) is 0 Å². The van der Waals surface area contributed by atoms with Crippen LogP contribution in [-0.2, 0) is 32.0 Å². The van der Waals surface area contributed by atoms with Crippen molar-refractivity contribution in [3.8, 4) is 11.3 Å². The number of nitrogens with one attached hydrogen (secondary N) is 4. The number of hydrogen-bond acceptors (Lipinski definition) is 9. The molecule has 0 aliphatic heterocycles. The van der Waals surface area contributed by atoms with Crippen molar-refractivity contribution in [1.82, 2.24) is 31.4 Å². The summed E-state index contributed by atoms with van der Waals surface area (Å²) < 4.78 is 9.54. The molecule has 51 heavy (non-hydrogen) atoms. The normalized spacial score (nSPS) is 14.0. The maximum atomic E-state index is 13.8. The number of carbonyl (C=O) groups is 4. The summed E-state index contributed by atoms with van der Waals surface area (Å²) >= 11 is 0. The Morgan fingerprint density at radius 3 is 1.78 bits per heavy atom. The minimum atomic E-state index is -1.22. The predicted molar refractivity (Wildman–Crippen MR) is 194 cm³/mol. The summed E-state index contributed by atoms with van der Waals surface area (Å²) in [5.74, 6) is -1.03. The Morgan fingerprint density at radius 1 is 0.725 bits per heavy atom. The summed E-state index contributed by atoms with van der Waals surface area (Å²) in [6, 6.07) is 19.8. The first-order valence-corrected chi connectivity index (χ1v) is 16.8. The topological polar surface area (TPSA) is 171 Å². The van der Waals surface area contributed by atoms with Crippen molar-refractivity contribution in [3.63, 3.8) is 0 Å². The van der Waals surface area contributed by atoms with Crippen molar-refractivity contribution in [2.45, 2.75) is 78.7 Å². The van der Waals surface area contributed by atoms with Gasteiger partial charge in [0.05, 0.1) is 32.1 Å². The average Bonchev–Trinajstić information content (AvgIpc) is 3.08. The second-order valence-electron chi connectivity index (χ2n) is 14.5. The molecule has 13 nitrogen and oxygen atoms in total. The van der Waals surface area contributed by atoms with E-state index in [0.29, 0.717) is 0 Å². The van der Waals surface area contributed by atoms with Crippen LogP contribution in [-0.4, -0.2) is 84.1 Å². The highest BCUT2D eigenvalue weighted by atomic mass is 16.5. The van der Waals surface area contributed by atoms with Gasteiger partial charge in [0.2, 0.25) is 5.91 Å². The molecule has 0 spiro atoms. The van der Waals surface area contributed by atoms with Crippen molar-refractivity contribution < 1.29 is 33.8 Å². The van der Waals surface area contributed by atoms with Gasteiger partial charge in [0.15, 0.2) is 0 Å². The summed E-state index contributed by atoms with van der Waals surface area (Å²) in [4.78, 5) is 56.3. The van der Waals surface area contributed by atoms with Crippen LogP contribution in [0.25, 0.3) is 11.3 Å². The Balaban J connectivity index is 1.96. The van der Waals surface area contributed by atoms with E-state index in [4.69, 9.17) is 9.47 Å². The number of methoxy groups -OCH3 is 2. The quantitative estimate of drug-likeness (QED) is 0.154. The number of ether oxygens (including phenoxy) is 2. The summed E-state index contributed by atoms with van der Waals surface area (Å²) in [7, 11) is 2.44. The van der Waals surface area contributed by atoms with E-state index < -0.39 is 59.1 Å². The van der Waals surface area contributed by atoms with Gasteiger partial charge in [0.1, 0.15) is 12.1 Å². The number of carbonyl (C=O) groups excluding carboxylic acids is 4. The number of amides is 4. The Bertz CT molecular complexity index is 1570. The second-order valence-corrected chi connectivity index (χ2v) is 14.5. The largest absolute Gasteiger partial charge is 0.453 e. The molecule has 0 aliphatic rings. The number of rotatable bonds is 14. The number of pyridine rings is 1. The highest BCUT2D eigenvalue weighted by Gasteiger charge is 2.37. The van der Waals surface area contributed by atoms with E-state index in [1.54, 1.807) is 32.0 Å². The number of nitrogens with zero attached hydrogens (tertiary/aromatic N) is 2. The van der Waals surface area contributed by atoms with Gasteiger partial charge in [-0.2, -0.15) is 0 Å². The van der Waals surface area contributed by atoms with Crippen LogP contribution in [0.2, 0.25) is 0 Å². The lowest BCUT2D eigenvalue weighted by atomic mass is 9.85. The first kappa shape index (κ1) is 40.4. The van der Waals surface area contributed by atoms with Gasteiger partial charge in [-0.1, -0.05) is 102 Å². The number of aliphatic hydroxyl groups is 1. The van der Waals surface area contributed by atoms with Crippen molar-refractivity contribution >= 4 is 24.0 Å². The highest BCUT2D eigenvalue weighted by Crippen LogP contribution is 2.23. The number of hydrazine groups is 1. The van der Waals surface area contributed by atoms with Gasteiger partial charge in [-0.3, -0.25) is 20.0 Å². The molecule has 3 unspecified atom stereocenters. The molecule has 3 rings (SSSR count). The summed E-state index contributed by atoms with van der Waals surface area (Å²) in [5, 5.41) is 21.6. The van der Waals surface area contributed by atoms with Crippen molar-refractivity contribution in [2.24, 2.45) is 10.8 Å². The molecular formula is C38H52N6O7. The highest BCUT2D eigenvalue weighted by molar-refractivity contribution is 5.87. The number of hydrogen-bond donors (Lipinski definition) is 5. The van der Waals surface area contributed by atoms with Crippen LogP contribution >= 0.6 is 0 Å². The fraction of sp³-hybridized carbons (Fsp3) is 0.447. The molecule has 0 bridgehead atoms. The first-order valence-electron chi connectivity index (χ1n) is 16.8. The monoisotopic (exact) mass is 704 g/mol. The summed E-state index contributed by atoms with van der Waals surface area (Å²) in [5.41, 5.74) is 4.88. The Hall–Kier alpha value is -5.01. The van der Waals surface area contributed by atoms with Crippen LogP contribution in [0, 0.1) is 10.8 Å². The zero-order valence-corrected chi connectivity index (χ0v) is 30.7. The number of alkyl carbamates (subject to hydrolysis) is 2. The average molecular weight is 705 g/mol. The van der Waals surface area contributed by atoms with Gasteiger partial charge < -0.3 is 30.5 Å². The van der Waals surface area contributed by atoms with Crippen LogP contribution < -0.4 is 21.4 Å². The lowest BCUT2D eigenvalue weighted by Gasteiger charge is -2.35. The molecule has 0 aliphatic carbocycles. The molecule has 0 radical (unpaired) electrons. The zero-order valence-electron chi connectivity index (χ0n) is 30.7. The van der Waals surface area contributed by atoms with Crippen LogP contribution in [0.3, 0.4) is 0 Å². The van der Waals surface area contributed by atoms with Gasteiger partial charge in [-0.05, 0) is 40.5 Å². The fourth-order valence-electron chi connectivity index (χ4n) is 5.38. The number of aliphatic hydroxyl groups excluding tert-OH is 1. The van der Waals surface area contributed by atoms with Crippen molar-refractivity contribution in [2.75, 3.05) is 20.8 Å². The molecule has 4 amide bonds. The van der Waals surface area contributed by atoms with Crippen LogP contribution in [0.4, 0.5) is 9.59 Å². The molecule has 276 valence electrons. The zero-order chi connectivity index (χ0) is 37.8. The Morgan fingerprint density at radius 2 is 1.27 bits per heavy atom. The molecule has 3 aromatic rings. The lowest BCUT2D eigenvalue weighted by molar-refractivity contribution is -0.132. The number of aromatic nitrogens is 1. The standard InChI is InChI=1S/C38H52N6O7/c1-37(2,3)31(41-35(48)50-7)33(46)40-29(22-25-14-10-9-11-15-25)30(45)24-44(43-34(47)32(38(4,5)6)42-36(49)51-8)23-26-17-19-27(20-18-26)28-16-12-13-21-39-28/h9-21,29-32,45H,22-24H2,1-8H3,(H,40,46)(H,41,48)(H,42,49)(H,43,47)/t29-,30?,31?,32?/m0/s1. The second kappa shape index (κ2) is 18.3. The maximum absolute atomic E-state index is 13.8. The molecule has 0 saturated carbocycles. The van der Waals surface area contributed by atoms with E-state index in [0.717, 1.165) is 22.4 Å². The first-order chi connectivity index (χ1) is 24.0. The van der Waals surface area contributed by atoms with E-state index in [2.05, 4.69) is 26.4 Å². The third-order valence-corrected chi connectivity index (χ3v) is 8.21. The third-order valence-electron chi connectivity index (χ3n) is 8.21. The molecule has 2 aromatic carbocycles. The smallest absolute Gasteiger partial charge is 0.407 e. The molecule has 1 heterocycles. The summed E-state index contributed by atoms with van der Waals surface area (Å²) in [6.07, 6.45) is -0.778. The van der Waals surface area contributed by atoms with Crippen molar-refractivity contribution in [3.05, 3.63) is 90.1 Å². The Kier molecular flexibility index (Phi) is 14.5. The minimum absolute atomic E-state index is 0.120. The van der Waals surface area contributed by atoms with Gasteiger partial charge in [-0.25, -0.2) is 14.6 Å². The molecular weight excluding hydrogens is 652 g/mol. The van der Waals surface area contributed by atoms with Crippen LogP contribution in [0.1, 0.15) is 52.7 Å². The van der Waals surface area contributed by atoms with Crippen molar-refractivity contribution in [1.29, 1.82) is 0 Å². The van der Waals surface area contributed by atoms with E-state index in [1.165, 1.54) is 14.2 Å². The van der Waals surface area contributed by atoms with E-state index in [1.807, 2.05) is 93.6 Å². The molecule has 4 atom stereocenters. The van der Waals surface area contributed by atoms with E-state index >= 15 is 0 Å². The molecule has 13 heteroatoms. The molecule has 0 fully saturated rings. The number of benzene rings is 2. The molecule has 5 N–H and O–H groups in total. The lowest BCUT2D eigenvalue weighted by Crippen LogP contribution is -2.60.